The molecule has 1 rings (SSSR count). The Morgan fingerprint density at radius 1 is 1.35 bits per heavy atom. The van der Waals surface area contributed by atoms with E-state index < -0.39 is 28.1 Å². The van der Waals surface area contributed by atoms with Crippen molar-refractivity contribution in [2.45, 2.75) is 12.2 Å². The largest absolute Gasteiger partial charge is 0.772 e. The molecular weight excluding hydrogens is 244 g/mol. The molecule has 6 heteroatoms. The first-order chi connectivity index (χ1) is 8.02. The number of ether oxygens (including phenoxy) is 1. The minimum absolute atomic E-state index is 0.363. The molecular formula is C11H11O5S-. The lowest BCUT2D eigenvalue weighted by Crippen LogP contribution is -2.20. The fourth-order valence-electron chi connectivity index (χ4n) is 1.18. The Hall–Kier alpha value is -1.53. The van der Waals surface area contributed by atoms with Gasteiger partial charge in [0.05, 0.1) is 5.25 Å². The van der Waals surface area contributed by atoms with Gasteiger partial charge in [0.1, 0.15) is 6.61 Å². The first-order valence-corrected chi connectivity index (χ1v) is 5.97. The van der Waals surface area contributed by atoms with Crippen LogP contribution in [0.4, 0.5) is 0 Å². The Bertz CT molecular complexity index is 429. The van der Waals surface area contributed by atoms with Crippen molar-refractivity contribution in [2.24, 2.45) is 0 Å². The second-order valence-electron chi connectivity index (χ2n) is 3.31. The molecule has 1 aromatic rings. The SMILES string of the molecule is CC(=O)C(=O)OCC(c1ccccc1)S(=O)[O-]. The molecule has 0 aliphatic heterocycles. The van der Waals surface area contributed by atoms with Crippen LogP contribution < -0.4 is 0 Å². The van der Waals surface area contributed by atoms with Crippen LogP contribution in [0, 0.1) is 0 Å². The van der Waals surface area contributed by atoms with Crippen molar-refractivity contribution in [1.82, 2.24) is 0 Å². The standard InChI is InChI=1S/C11H12O5S/c1-8(12)11(13)16-7-10(17(14)15)9-5-3-2-4-6-9/h2-6,10H,7H2,1H3,(H,14,15)/p-1. The van der Waals surface area contributed by atoms with E-state index in [1.807, 2.05) is 0 Å². The number of esters is 1. The number of hydrogen-bond acceptors (Lipinski definition) is 5. The molecule has 0 aromatic heterocycles. The number of Topliss-reactive ketones (excluding diaryl/α,β-unsaturated/α-hetero) is 1. The molecule has 1 aromatic carbocycles. The van der Waals surface area contributed by atoms with Gasteiger partial charge in [-0.1, -0.05) is 30.3 Å². The van der Waals surface area contributed by atoms with E-state index in [4.69, 9.17) is 0 Å². The van der Waals surface area contributed by atoms with Gasteiger partial charge in [0.25, 0.3) is 0 Å². The second-order valence-corrected chi connectivity index (χ2v) is 4.40. The fourth-order valence-corrected chi connectivity index (χ4v) is 1.74. The molecule has 0 radical (unpaired) electrons. The van der Waals surface area contributed by atoms with E-state index in [-0.39, 0.29) is 6.61 Å². The van der Waals surface area contributed by atoms with Crippen LogP contribution in [-0.4, -0.2) is 27.1 Å². The maximum atomic E-state index is 11.0. The summed E-state index contributed by atoms with van der Waals surface area (Å²) in [6.07, 6.45) is 0. The first kappa shape index (κ1) is 13.5. The molecule has 0 saturated heterocycles. The smallest absolute Gasteiger partial charge is 0.374 e. The van der Waals surface area contributed by atoms with Crippen LogP contribution in [0.5, 0.6) is 0 Å². The number of hydrogen-bond donors (Lipinski definition) is 0. The van der Waals surface area contributed by atoms with Crippen molar-refractivity contribution < 1.29 is 23.1 Å². The highest BCUT2D eigenvalue weighted by atomic mass is 32.2. The number of carbonyl (C=O) groups excluding carboxylic acids is 2. The highest BCUT2D eigenvalue weighted by Gasteiger charge is 2.16. The van der Waals surface area contributed by atoms with Crippen molar-refractivity contribution in [2.75, 3.05) is 6.61 Å². The van der Waals surface area contributed by atoms with Gasteiger partial charge in [0.15, 0.2) is 0 Å². The quantitative estimate of drug-likeness (QED) is 0.440. The minimum atomic E-state index is -2.42. The Labute approximate surface area is 101 Å². The molecule has 17 heavy (non-hydrogen) atoms. The summed E-state index contributed by atoms with van der Waals surface area (Å²) in [6, 6.07) is 8.34. The van der Waals surface area contributed by atoms with E-state index >= 15 is 0 Å². The molecule has 0 saturated carbocycles. The van der Waals surface area contributed by atoms with Gasteiger partial charge in [-0.25, -0.2) is 4.79 Å². The van der Waals surface area contributed by atoms with E-state index in [2.05, 4.69) is 4.74 Å². The zero-order chi connectivity index (χ0) is 12.8. The molecule has 0 bridgehead atoms. The Morgan fingerprint density at radius 3 is 2.41 bits per heavy atom. The topological polar surface area (TPSA) is 83.5 Å². The van der Waals surface area contributed by atoms with Gasteiger partial charge in [-0.3, -0.25) is 9.00 Å². The highest BCUT2D eigenvalue weighted by molar-refractivity contribution is 7.79. The summed E-state index contributed by atoms with van der Waals surface area (Å²) in [7, 11) is 0. The van der Waals surface area contributed by atoms with Crippen molar-refractivity contribution in [3.05, 3.63) is 35.9 Å². The average molecular weight is 255 g/mol. The maximum absolute atomic E-state index is 11.0. The van der Waals surface area contributed by atoms with Crippen LogP contribution in [0.2, 0.25) is 0 Å². The molecule has 92 valence electrons. The van der Waals surface area contributed by atoms with Crippen LogP contribution in [-0.2, 0) is 25.4 Å². The lowest BCUT2D eigenvalue weighted by atomic mass is 10.1. The average Bonchev–Trinajstić information content (AvgIpc) is 2.29. The monoisotopic (exact) mass is 255 g/mol. The number of carbonyl (C=O) groups is 2. The summed E-state index contributed by atoms with van der Waals surface area (Å²) in [5.74, 6) is -1.79. The Morgan fingerprint density at radius 2 is 1.94 bits per heavy atom. The molecule has 5 nitrogen and oxygen atoms in total. The van der Waals surface area contributed by atoms with Crippen LogP contribution in [0.1, 0.15) is 17.7 Å². The summed E-state index contributed by atoms with van der Waals surface area (Å²) in [6.45, 7) is 0.701. The summed E-state index contributed by atoms with van der Waals surface area (Å²) in [5, 5.41) is -0.959. The molecule has 2 unspecified atom stereocenters. The van der Waals surface area contributed by atoms with Crippen LogP contribution in [0.25, 0.3) is 0 Å². The van der Waals surface area contributed by atoms with Crippen molar-refractivity contribution in [3.8, 4) is 0 Å². The van der Waals surface area contributed by atoms with Crippen molar-refractivity contribution in [1.29, 1.82) is 0 Å². The van der Waals surface area contributed by atoms with Crippen molar-refractivity contribution >= 4 is 22.8 Å². The molecule has 0 fully saturated rings. The van der Waals surface area contributed by atoms with Crippen LogP contribution in [0.3, 0.4) is 0 Å². The molecule has 0 heterocycles. The predicted octanol–water partition coefficient (Wildman–Crippen LogP) is 0.739. The lowest BCUT2D eigenvalue weighted by Gasteiger charge is -2.19. The van der Waals surface area contributed by atoms with E-state index in [0.29, 0.717) is 5.56 Å². The van der Waals surface area contributed by atoms with E-state index in [1.165, 1.54) is 0 Å². The zero-order valence-electron chi connectivity index (χ0n) is 9.12. The number of benzene rings is 1. The van der Waals surface area contributed by atoms with Gasteiger partial charge in [0, 0.05) is 6.92 Å². The third-order valence-corrected chi connectivity index (χ3v) is 2.93. The summed E-state index contributed by atoms with van der Waals surface area (Å²) in [4.78, 5) is 21.6. The second kappa shape index (κ2) is 6.27. The Balaban J connectivity index is 2.72. The van der Waals surface area contributed by atoms with Crippen molar-refractivity contribution in [3.63, 3.8) is 0 Å². The lowest BCUT2D eigenvalue weighted by molar-refractivity contribution is -0.152. The molecule has 0 spiro atoms. The highest BCUT2D eigenvalue weighted by Crippen LogP contribution is 2.18. The summed E-state index contributed by atoms with van der Waals surface area (Å²) >= 11 is -2.42. The summed E-state index contributed by atoms with van der Waals surface area (Å²) in [5.41, 5.74) is 0.511. The molecule has 0 aliphatic carbocycles. The summed E-state index contributed by atoms with van der Waals surface area (Å²) < 4.78 is 26.6. The third kappa shape index (κ3) is 4.08. The maximum Gasteiger partial charge on any atom is 0.374 e. The van der Waals surface area contributed by atoms with Gasteiger partial charge in [-0.2, -0.15) is 0 Å². The number of ketones is 1. The minimum Gasteiger partial charge on any atom is -0.772 e. The predicted molar refractivity (Wildman–Crippen MR) is 59.7 cm³/mol. The van der Waals surface area contributed by atoms with E-state index in [0.717, 1.165) is 6.92 Å². The van der Waals surface area contributed by atoms with Gasteiger partial charge >= 0.3 is 5.97 Å². The van der Waals surface area contributed by atoms with Crippen LogP contribution >= 0.6 is 0 Å². The van der Waals surface area contributed by atoms with Gasteiger partial charge in [-0.05, 0) is 16.6 Å². The number of rotatable bonds is 5. The molecule has 2 atom stereocenters. The van der Waals surface area contributed by atoms with Gasteiger partial charge in [0.2, 0.25) is 5.78 Å². The van der Waals surface area contributed by atoms with E-state index in [1.54, 1.807) is 30.3 Å². The molecule has 0 N–H and O–H groups in total. The normalized spacial score (nSPS) is 13.8. The Kier molecular flexibility index (Phi) is 4.99. The fraction of sp³-hybridized carbons (Fsp3) is 0.273. The van der Waals surface area contributed by atoms with Gasteiger partial charge in [-0.15, -0.1) is 0 Å². The molecule has 0 amide bonds. The zero-order valence-corrected chi connectivity index (χ0v) is 9.94. The third-order valence-electron chi connectivity index (χ3n) is 2.06. The molecule has 0 aliphatic rings. The first-order valence-electron chi connectivity index (χ1n) is 4.83. The van der Waals surface area contributed by atoms with Crippen LogP contribution in [0.15, 0.2) is 30.3 Å². The van der Waals surface area contributed by atoms with Gasteiger partial charge < -0.3 is 9.29 Å². The van der Waals surface area contributed by atoms with E-state index in [9.17, 15) is 18.4 Å².